The predicted octanol–water partition coefficient (Wildman–Crippen LogP) is 6.39. The molecule has 166 valence electrons. The largest absolute Gasteiger partial charge is 0.421 e. The van der Waals surface area contributed by atoms with Gasteiger partial charge in [-0.05, 0) is 6.42 Å². The quantitative estimate of drug-likeness (QED) is 0.141. The maximum Gasteiger partial charge on any atom is 0.308 e. The van der Waals surface area contributed by atoms with E-state index in [-0.39, 0.29) is 12.2 Å². The van der Waals surface area contributed by atoms with Gasteiger partial charge in [-0.25, -0.2) is 5.26 Å². The average Bonchev–Trinajstić information content (AvgIpc) is 2.81. The minimum atomic E-state index is -1.84. The van der Waals surface area contributed by atoms with E-state index in [1.165, 1.54) is 38.5 Å². The second kappa shape index (κ2) is 11.2. The van der Waals surface area contributed by atoms with E-state index in [0.717, 1.165) is 19.3 Å². The van der Waals surface area contributed by atoms with E-state index in [9.17, 15) is 14.8 Å². The number of esters is 1. The van der Waals surface area contributed by atoms with Crippen LogP contribution in [0, 0.1) is 0 Å². The van der Waals surface area contributed by atoms with Crippen molar-refractivity contribution in [2.75, 3.05) is 0 Å². The number of benzene rings is 2. The minimum absolute atomic E-state index is 0.186. The number of unbranched alkanes of at least 4 members (excludes halogenated alkanes) is 8. The lowest BCUT2D eigenvalue weighted by Gasteiger charge is -2.36. The molecule has 0 unspecified atom stereocenters. The molecule has 0 amide bonds. The summed E-state index contributed by atoms with van der Waals surface area (Å²) in [6, 6.07) is 13.5. The maximum atomic E-state index is 12.9. The highest BCUT2D eigenvalue weighted by molar-refractivity contribution is 6.13. The molecule has 2 aromatic carbocycles. The molecule has 0 radical (unpaired) electrons. The van der Waals surface area contributed by atoms with Crippen LogP contribution in [-0.4, -0.2) is 17.0 Å². The zero-order valence-electron chi connectivity index (χ0n) is 18.3. The Bertz CT molecular complexity index is 839. The van der Waals surface area contributed by atoms with Gasteiger partial charge in [-0.3, -0.25) is 9.59 Å². The predicted molar refractivity (Wildman–Crippen MR) is 119 cm³/mol. The second-order valence-corrected chi connectivity index (χ2v) is 8.18. The Morgan fingerprint density at radius 2 is 1.29 bits per heavy atom. The molecule has 0 heterocycles. The van der Waals surface area contributed by atoms with Crippen molar-refractivity contribution in [1.29, 1.82) is 0 Å². The lowest BCUT2D eigenvalue weighted by Crippen LogP contribution is -2.41. The van der Waals surface area contributed by atoms with Gasteiger partial charge < -0.3 is 4.74 Å². The number of fused-ring (bicyclic) bond motifs is 2. The van der Waals surface area contributed by atoms with E-state index in [1.54, 1.807) is 48.5 Å². The van der Waals surface area contributed by atoms with E-state index in [4.69, 9.17) is 9.62 Å². The summed E-state index contributed by atoms with van der Waals surface area (Å²) in [6.45, 7) is 2.22. The molecule has 0 bridgehead atoms. The summed E-state index contributed by atoms with van der Waals surface area (Å²) in [5, 5.41) is 9.91. The molecule has 0 saturated heterocycles. The average molecular weight is 425 g/mol. The van der Waals surface area contributed by atoms with Crippen molar-refractivity contribution < 1.29 is 24.5 Å². The smallest absolute Gasteiger partial charge is 0.308 e. The summed E-state index contributed by atoms with van der Waals surface area (Å²) in [7, 11) is 0. The van der Waals surface area contributed by atoms with Crippen molar-refractivity contribution in [2.24, 2.45) is 0 Å². The van der Waals surface area contributed by atoms with E-state index in [0.29, 0.717) is 22.3 Å². The summed E-state index contributed by atoms with van der Waals surface area (Å²) in [5.74, 6) is -2.48. The fourth-order valence-corrected chi connectivity index (χ4v) is 4.24. The summed E-state index contributed by atoms with van der Waals surface area (Å²) < 4.78 is 5.74. The Balaban J connectivity index is 1.63. The van der Waals surface area contributed by atoms with Crippen molar-refractivity contribution in [3.8, 4) is 0 Å². The molecule has 5 heteroatoms. The van der Waals surface area contributed by atoms with Crippen LogP contribution in [0.15, 0.2) is 48.5 Å². The van der Waals surface area contributed by atoms with Crippen molar-refractivity contribution in [2.45, 2.75) is 76.9 Å². The van der Waals surface area contributed by atoms with Crippen LogP contribution in [0.25, 0.3) is 0 Å². The van der Waals surface area contributed by atoms with Crippen LogP contribution in [0.1, 0.15) is 98.2 Å². The zero-order valence-corrected chi connectivity index (χ0v) is 18.3. The van der Waals surface area contributed by atoms with E-state index < -0.39 is 11.8 Å². The van der Waals surface area contributed by atoms with Gasteiger partial charge >= 0.3 is 5.97 Å². The number of carbonyl (C=O) groups is 2. The third-order valence-electron chi connectivity index (χ3n) is 5.92. The molecular formula is C26H32O5. The Kier molecular flexibility index (Phi) is 8.38. The Morgan fingerprint density at radius 1 is 0.806 bits per heavy atom. The van der Waals surface area contributed by atoms with Gasteiger partial charge in [0.05, 0.1) is 0 Å². The Morgan fingerprint density at radius 3 is 1.81 bits per heavy atom. The van der Waals surface area contributed by atoms with Crippen LogP contribution < -0.4 is 0 Å². The molecule has 0 atom stereocenters. The lowest BCUT2D eigenvalue weighted by molar-refractivity contribution is -0.384. The van der Waals surface area contributed by atoms with Crippen LogP contribution in [0.5, 0.6) is 0 Å². The number of hydrogen-bond acceptors (Lipinski definition) is 5. The highest BCUT2D eigenvalue weighted by atomic mass is 17.1. The fraction of sp³-hybridized carbons (Fsp3) is 0.462. The van der Waals surface area contributed by atoms with Gasteiger partial charge in [0.1, 0.15) is 0 Å². The standard InChI is InChI=1S/C26H32O5/c1-2-3-4-5-6-7-8-9-10-19-24(27)30-26(31-29)22-17-13-11-15-20(22)25(28)21-16-12-14-18-23(21)26/h11-18,29H,2-10,19H2,1H3. The topological polar surface area (TPSA) is 72.8 Å². The summed E-state index contributed by atoms with van der Waals surface area (Å²) >= 11 is 0. The molecule has 5 nitrogen and oxygen atoms in total. The first-order valence-corrected chi connectivity index (χ1v) is 11.4. The van der Waals surface area contributed by atoms with Gasteiger partial charge in [0.2, 0.25) is 0 Å². The molecular weight excluding hydrogens is 392 g/mol. The van der Waals surface area contributed by atoms with Crippen molar-refractivity contribution in [3.63, 3.8) is 0 Å². The van der Waals surface area contributed by atoms with E-state index in [1.807, 2.05) is 0 Å². The molecule has 0 saturated carbocycles. The summed E-state index contributed by atoms with van der Waals surface area (Å²) in [4.78, 5) is 30.4. The molecule has 0 aromatic heterocycles. The van der Waals surface area contributed by atoms with Crippen molar-refractivity contribution in [1.82, 2.24) is 0 Å². The monoisotopic (exact) mass is 424 g/mol. The summed E-state index contributed by atoms with van der Waals surface area (Å²) in [6.07, 6.45) is 10.6. The molecule has 2 aromatic rings. The maximum absolute atomic E-state index is 12.9. The number of ketones is 1. The molecule has 0 fully saturated rings. The first-order valence-electron chi connectivity index (χ1n) is 11.4. The minimum Gasteiger partial charge on any atom is -0.421 e. The van der Waals surface area contributed by atoms with Crippen LogP contribution in [-0.2, 0) is 20.2 Å². The van der Waals surface area contributed by atoms with Crippen LogP contribution in [0.2, 0.25) is 0 Å². The van der Waals surface area contributed by atoms with Crippen molar-refractivity contribution in [3.05, 3.63) is 70.8 Å². The molecule has 31 heavy (non-hydrogen) atoms. The Labute approximate surface area is 184 Å². The molecule has 3 rings (SSSR count). The third-order valence-corrected chi connectivity index (χ3v) is 5.92. The van der Waals surface area contributed by atoms with Crippen molar-refractivity contribution >= 4 is 11.8 Å². The van der Waals surface area contributed by atoms with E-state index in [2.05, 4.69) is 6.92 Å². The molecule has 1 aliphatic carbocycles. The number of hydrogen-bond donors (Lipinski definition) is 1. The molecule has 1 aliphatic rings. The normalized spacial score (nSPS) is 14.1. The van der Waals surface area contributed by atoms with Gasteiger partial charge in [-0.1, -0.05) is 107 Å². The molecule has 1 N–H and O–H groups in total. The first-order chi connectivity index (χ1) is 15.1. The highest BCUT2D eigenvalue weighted by Crippen LogP contribution is 2.43. The van der Waals surface area contributed by atoms with Crippen LogP contribution >= 0.6 is 0 Å². The number of rotatable bonds is 12. The van der Waals surface area contributed by atoms with Gasteiger partial charge in [0, 0.05) is 28.7 Å². The molecule has 0 spiro atoms. The fourth-order valence-electron chi connectivity index (χ4n) is 4.24. The highest BCUT2D eigenvalue weighted by Gasteiger charge is 2.48. The number of ether oxygens (including phenoxy) is 1. The third kappa shape index (κ3) is 5.23. The summed E-state index contributed by atoms with van der Waals surface area (Å²) in [5.41, 5.74) is 1.38. The van der Waals surface area contributed by atoms with Gasteiger partial charge in [0.25, 0.3) is 5.79 Å². The van der Waals surface area contributed by atoms with Crippen LogP contribution in [0.4, 0.5) is 0 Å². The van der Waals surface area contributed by atoms with E-state index >= 15 is 0 Å². The second-order valence-electron chi connectivity index (χ2n) is 8.18. The van der Waals surface area contributed by atoms with Gasteiger partial charge in [-0.15, -0.1) is 0 Å². The molecule has 0 aliphatic heterocycles. The zero-order chi connectivity index (χ0) is 22.1. The first kappa shape index (κ1) is 23.2. The lowest BCUT2D eigenvalue weighted by atomic mass is 9.80. The Hall–Kier alpha value is -2.50. The number of carbonyl (C=O) groups excluding carboxylic acids is 2. The van der Waals surface area contributed by atoms with Gasteiger partial charge in [-0.2, -0.15) is 4.89 Å². The SMILES string of the molecule is CCCCCCCCCCCC(=O)OC1(OO)c2ccccc2C(=O)c2ccccc21. The van der Waals surface area contributed by atoms with Crippen LogP contribution in [0.3, 0.4) is 0 Å². The van der Waals surface area contributed by atoms with Gasteiger partial charge in [0.15, 0.2) is 5.78 Å².